The Hall–Kier alpha value is -1.83. The molecular weight excluding hydrogens is 266 g/mol. The van der Waals surface area contributed by atoms with Crippen molar-refractivity contribution < 1.29 is 9.90 Å². The average Bonchev–Trinajstić information content (AvgIpc) is 2.94. The molecule has 2 aromatic rings. The summed E-state index contributed by atoms with van der Waals surface area (Å²) in [6, 6.07) is -0.163. The van der Waals surface area contributed by atoms with Gasteiger partial charge in [-0.25, -0.2) is 9.67 Å². The lowest BCUT2D eigenvalue weighted by molar-refractivity contribution is -0.138. The van der Waals surface area contributed by atoms with E-state index < -0.39 is 5.97 Å². The standard InChI is InChI=1S/C11H13N5O2S/c1-6-10(19-5-12-6)11-13-14-15-16(11)8(4-9(17)18)7-2-3-7/h5,7-8H,2-4H2,1H3,(H,17,18). The Morgan fingerprint density at radius 1 is 1.63 bits per heavy atom. The smallest absolute Gasteiger partial charge is 0.305 e. The maximum Gasteiger partial charge on any atom is 0.305 e. The summed E-state index contributed by atoms with van der Waals surface area (Å²) in [5, 5.41) is 20.8. The zero-order valence-corrected chi connectivity index (χ0v) is 11.2. The molecule has 1 unspecified atom stereocenters. The van der Waals surface area contributed by atoms with Crippen LogP contribution in [0.3, 0.4) is 0 Å². The van der Waals surface area contributed by atoms with Gasteiger partial charge in [0.15, 0.2) is 5.82 Å². The highest BCUT2D eigenvalue weighted by Gasteiger charge is 2.36. The van der Waals surface area contributed by atoms with Gasteiger partial charge in [-0.3, -0.25) is 4.79 Å². The number of thiazole rings is 1. The van der Waals surface area contributed by atoms with E-state index in [4.69, 9.17) is 5.11 Å². The highest BCUT2D eigenvalue weighted by molar-refractivity contribution is 7.13. The quantitative estimate of drug-likeness (QED) is 0.892. The monoisotopic (exact) mass is 279 g/mol. The van der Waals surface area contributed by atoms with Gasteiger partial charge in [0.05, 0.1) is 28.5 Å². The van der Waals surface area contributed by atoms with Crippen molar-refractivity contribution in [3.8, 4) is 10.7 Å². The molecule has 0 saturated heterocycles. The minimum absolute atomic E-state index is 0.0561. The summed E-state index contributed by atoms with van der Waals surface area (Å²) in [6.07, 6.45) is 2.14. The van der Waals surface area contributed by atoms with Gasteiger partial charge in [0.25, 0.3) is 0 Å². The maximum atomic E-state index is 11.0. The SMILES string of the molecule is Cc1ncsc1-c1nnnn1C(CC(=O)O)C1CC1. The van der Waals surface area contributed by atoms with E-state index >= 15 is 0 Å². The molecule has 0 radical (unpaired) electrons. The topological polar surface area (TPSA) is 93.8 Å². The van der Waals surface area contributed by atoms with E-state index in [-0.39, 0.29) is 12.5 Å². The summed E-state index contributed by atoms with van der Waals surface area (Å²) in [5.41, 5.74) is 2.61. The van der Waals surface area contributed by atoms with E-state index in [0.717, 1.165) is 23.4 Å². The zero-order valence-electron chi connectivity index (χ0n) is 10.4. The minimum atomic E-state index is -0.820. The Kier molecular flexibility index (Phi) is 3.02. The van der Waals surface area contributed by atoms with Crippen LogP contribution < -0.4 is 0 Å². The lowest BCUT2D eigenvalue weighted by Gasteiger charge is -2.15. The second-order valence-electron chi connectivity index (χ2n) is 4.72. The Bertz CT molecular complexity index is 604. The number of aromatic nitrogens is 5. The van der Waals surface area contributed by atoms with Crippen LogP contribution in [0.5, 0.6) is 0 Å². The van der Waals surface area contributed by atoms with Gasteiger partial charge in [-0.15, -0.1) is 16.4 Å². The van der Waals surface area contributed by atoms with Gasteiger partial charge in [0.2, 0.25) is 0 Å². The first-order valence-electron chi connectivity index (χ1n) is 6.07. The number of tetrazole rings is 1. The van der Waals surface area contributed by atoms with Gasteiger partial charge in [-0.05, 0) is 36.1 Å². The molecule has 7 nitrogen and oxygen atoms in total. The molecular formula is C11H13N5O2S. The van der Waals surface area contributed by atoms with Crippen molar-refractivity contribution in [1.29, 1.82) is 0 Å². The van der Waals surface area contributed by atoms with Crippen molar-refractivity contribution in [3.63, 3.8) is 0 Å². The van der Waals surface area contributed by atoms with Crippen LogP contribution >= 0.6 is 11.3 Å². The van der Waals surface area contributed by atoms with Gasteiger partial charge in [0, 0.05) is 0 Å². The van der Waals surface area contributed by atoms with Crippen LogP contribution in [0.1, 0.15) is 31.0 Å². The van der Waals surface area contributed by atoms with Crippen molar-refractivity contribution in [2.45, 2.75) is 32.2 Å². The zero-order chi connectivity index (χ0) is 13.4. The number of aryl methyl sites for hydroxylation is 1. The van der Waals surface area contributed by atoms with Gasteiger partial charge < -0.3 is 5.11 Å². The first-order valence-corrected chi connectivity index (χ1v) is 6.95. The summed E-state index contributed by atoms with van der Waals surface area (Å²) in [4.78, 5) is 16.1. The fraction of sp³-hybridized carbons (Fsp3) is 0.545. The third-order valence-electron chi connectivity index (χ3n) is 3.31. The molecule has 0 spiro atoms. The highest BCUT2D eigenvalue weighted by atomic mass is 32.1. The second kappa shape index (κ2) is 4.69. The molecule has 8 heteroatoms. The lowest BCUT2D eigenvalue weighted by atomic mass is 10.1. The molecule has 0 amide bonds. The Labute approximate surface area is 113 Å². The van der Waals surface area contributed by atoms with Gasteiger partial charge >= 0.3 is 5.97 Å². The van der Waals surface area contributed by atoms with Crippen LogP contribution in [0.15, 0.2) is 5.51 Å². The molecule has 0 bridgehead atoms. The van der Waals surface area contributed by atoms with E-state index in [1.54, 1.807) is 10.2 Å². The van der Waals surface area contributed by atoms with Crippen LogP contribution in [-0.2, 0) is 4.79 Å². The van der Waals surface area contributed by atoms with Gasteiger partial charge in [-0.2, -0.15) is 0 Å². The van der Waals surface area contributed by atoms with Crippen LogP contribution in [0, 0.1) is 12.8 Å². The summed E-state index contributed by atoms with van der Waals surface area (Å²) in [6.45, 7) is 1.90. The summed E-state index contributed by atoms with van der Waals surface area (Å²) < 4.78 is 1.66. The van der Waals surface area contributed by atoms with Crippen LogP contribution in [0.2, 0.25) is 0 Å². The molecule has 2 aromatic heterocycles. The van der Waals surface area contributed by atoms with E-state index in [9.17, 15) is 4.79 Å². The molecule has 3 rings (SSSR count). The van der Waals surface area contributed by atoms with Gasteiger partial charge in [0.1, 0.15) is 0 Å². The normalized spacial score (nSPS) is 16.5. The number of aliphatic carboxylic acids is 1. The van der Waals surface area contributed by atoms with E-state index in [1.165, 1.54) is 11.3 Å². The predicted molar refractivity (Wildman–Crippen MR) is 67.7 cm³/mol. The van der Waals surface area contributed by atoms with E-state index in [1.807, 2.05) is 6.92 Å². The molecule has 0 aliphatic heterocycles. The Morgan fingerprint density at radius 3 is 3.00 bits per heavy atom. The molecule has 0 aromatic carbocycles. The fourth-order valence-electron chi connectivity index (χ4n) is 2.20. The third kappa shape index (κ3) is 2.35. The minimum Gasteiger partial charge on any atom is -0.481 e. The maximum absolute atomic E-state index is 11.0. The molecule has 1 saturated carbocycles. The van der Waals surface area contributed by atoms with Crippen molar-refractivity contribution in [1.82, 2.24) is 25.2 Å². The molecule has 1 aliphatic carbocycles. The first kappa shape index (κ1) is 12.2. The molecule has 1 atom stereocenters. The fourth-order valence-corrected chi connectivity index (χ4v) is 2.97. The number of rotatable bonds is 5. The molecule has 1 aliphatic rings. The number of hydrogen-bond donors (Lipinski definition) is 1. The number of carboxylic acids is 1. The molecule has 19 heavy (non-hydrogen) atoms. The summed E-state index contributed by atoms with van der Waals surface area (Å²) in [5.74, 6) is 0.170. The van der Waals surface area contributed by atoms with Crippen molar-refractivity contribution in [2.24, 2.45) is 5.92 Å². The molecule has 1 N–H and O–H groups in total. The van der Waals surface area contributed by atoms with Crippen molar-refractivity contribution in [2.75, 3.05) is 0 Å². The van der Waals surface area contributed by atoms with Crippen LogP contribution in [-0.4, -0.2) is 36.3 Å². The lowest BCUT2D eigenvalue weighted by Crippen LogP contribution is -2.18. The number of nitrogens with zero attached hydrogens (tertiary/aromatic N) is 5. The number of hydrogen-bond acceptors (Lipinski definition) is 6. The Balaban J connectivity index is 1.98. The first-order chi connectivity index (χ1) is 9.16. The summed E-state index contributed by atoms with van der Waals surface area (Å²) in [7, 11) is 0. The molecule has 100 valence electrons. The number of carboxylic acid groups (broad SMARTS) is 1. The van der Waals surface area contributed by atoms with E-state index in [2.05, 4.69) is 20.5 Å². The third-order valence-corrected chi connectivity index (χ3v) is 4.23. The van der Waals surface area contributed by atoms with Crippen LogP contribution in [0.25, 0.3) is 10.7 Å². The van der Waals surface area contributed by atoms with Crippen molar-refractivity contribution in [3.05, 3.63) is 11.2 Å². The van der Waals surface area contributed by atoms with Gasteiger partial charge in [-0.1, -0.05) is 0 Å². The van der Waals surface area contributed by atoms with Crippen LogP contribution in [0.4, 0.5) is 0 Å². The molecule has 1 fully saturated rings. The summed E-state index contributed by atoms with van der Waals surface area (Å²) >= 11 is 1.47. The predicted octanol–water partition coefficient (Wildman–Crippen LogP) is 1.53. The molecule has 2 heterocycles. The highest BCUT2D eigenvalue weighted by Crippen LogP contribution is 2.42. The largest absolute Gasteiger partial charge is 0.481 e. The Morgan fingerprint density at radius 2 is 2.42 bits per heavy atom. The van der Waals surface area contributed by atoms with Crippen molar-refractivity contribution >= 4 is 17.3 Å². The average molecular weight is 279 g/mol. The van der Waals surface area contributed by atoms with E-state index in [0.29, 0.717) is 11.7 Å². The number of carbonyl (C=O) groups is 1. The second-order valence-corrected chi connectivity index (χ2v) is 5.57.